The summed E-state index contributed by atoms with van der Waals surface area (Å²) in [5.41, 5.74) is 4.37. The minimum atomic E-state index is -0.540. The van der Waals surface area contributed by atoms with Crippen molar-refractivity contribution in [1.82, 2.24) is 5.32 Å². The zero-order valence-corrected chi connectivity index (χ0v) is 17.8. The molecule has 0 spiro atoms. The van der Waals surface area contributed by atoms with Crippen LogP contribution >= 0.6 is 0 Å². The topological polar surface area (TPSA) is 105 Å². The van der Waals surface area contributed by atoms with E-state index in [2.05, 4.69) is 27.5 Å². The van der Waals surface area contributed by atoms with Crippen molar-refractivity contribution in [2.24, 2.45) is 5.92 Å². The lowest BCUT2D eigenvalue weighted by Crippen LogP contribution is -2.30. The van der Waals surface area contributed by atoms with Gasteiger partial charge in [0.25, 0.3) is 5.91 Å². The molecule has 0 saturated carbocycles. The fraction of sp³-hybridized carbons (Fsp3) is 0.333. The first-order chi connectivity index (χ1) is 15.4. The van der Waals surface area contributed by atoms with Crippen molar-refractivity contribution in [2.45, 2.75) is 25.7 Å². The Hall–Kier alpha value is -3.68. The largest absolute Gasteiger partial charge is 0.468 e. The average molecular weight is 435 g/mol. The highest BCUT2D eigenvalue weighted by Crippen LogP contribution is 2.31. The van der Waals surface area contributed by atoms with Crippen LogP contribution in [0.5, 0.6) is 0 Å². The summed E-state index contributed by atoms with van der Waals surface area (Å²) in [6.45, 7) is 0.127. The highest BCUT2D eigenvalue weighted by Gasteiger charge is 2.35. The van der Waals surface area contributed by atoms with Gasteiger partial charge in [0, 0.05) is 29.9 Å². The van der Waals surface area contributed by atoms with Crippen LogP contribution in [-0.2, 0) is 32.0 Å². The number of rotatable bonds is 6. The summed E-state index contributed by atoms with van der Waals surface area (Å²) in [5, 5.41) is 5.27. The first kappa shape index (κ1) is 21.5. The molecule has 1 aliphatic heterocycles. The van der Waals surface area contributed by atoms with Crippen LogP contribution in [0.3, 0.4) is 0 Å². The number of hydrogen-bond donors (Lipinski definition) is 2. The summed E-state index contributed by atoms with van der Waals surface area (Å²) in [5.74, 6) is -1.69. The summed E-state index contributed by atoms with van der Waals surface area (Å²) in [4.78, 5) is 50.1. The van der Waals surface area contributed by atoms with Gasteiger partial charge in [-0.3, -0.25) is 19.2 Å². The van der Waals surface area contributed by atoms with Crippen molar-refractivity contribution < 1.29 is 23.9 Å². The van der Waals surface area contributed by atoms with Gasteiger partial charge >= 0.3 is 5.97 Å². The summed E-state index contributed by atoms with van der Waals surface area (Å²) in [7, 11) is 1.24. The fourth-order valence-corrected chi connectivity index (χ4v) is 4.13. The second kappa shape index (κ2) is 9.21. The van der Waals surface area contributed by atoms with Gasteiger partial charge in [-0.1, -0.05) is 6.07 Å². The van der Waals surface area contributed by atoms with Crippen LogP contribution in [0.1, 0.15) is 34.3 Å². The molecule has 2 aromatic rings. The molecule has 0 bridgehead atoms. The van der Waals surface area contributed by atoms with E-state index in [1.54, 1.807) is 29.2 Å². The van der Waals surface area contributed by atoms with E-state index in [9.17, 15) is 19.2 Å². The second-order valence-corrected chi connectivity index (χ2v) is 8.04. The molecule has 1 heterocycles. The molecule has 166 valence electrons. The van der Waals surface area contributed by atoms with Gasteiger partial charge in [-0.25, -0.2) is 0 Å². The molecule has 1 fully saturated rings. The van der Waals surface area contributed by atoms with Crippen molar-refractivity contribution in [3.8, 4) is 0 Å². The molecule has 0 aromatic heterocycles. The Balaban J connectivity index is 1.34. The first-order valence-electron chi connectivity index (χ1n) is 10.6. The van der Waals surface area contributed by atoms with Crippen molar-refractivity contribution in [2.75, 3.05) is 30.4 Å². The highest BCUT2D eigenvalue weighted by molar-refractivity contribution is 6.04. The number of ether oxygens (including phenoxy) is 1. The Kier molecular flexibility index (Phi) is 6.20. The molecule has 2 aromatic carbocycles. The molecule has 1 aliphatic carbocycles. The second-order valence-electron chi connectivity index (χ2n) is 8.04. The third-order valence-electron chi connectivity index (χ3n) is 5.93. The third-order valence-corrected chi connectivity index (χ3v) is 5.93. The van der Waals surface area contributed by atoms with Crippen LogP contribution in [0, 0.1) is 5.92 Å². The quantitative estimate of drug-likeness (QED) is 0.676. The molecule has 32 heavy (non-hydrogen) atoms. The monoisotopic (exact) mass is 435 g/mol. The van der Waals surface area contributed by atoms with Crippen LogP contribution in [0.2, 0.25) is 0 Å². The van der Waals surface area contributed by atoms with Crippen molar-refractivity contribution in [1.29, 1.82) is 0 Å². The van der Waals surface area contributed by atoms with E-state index in [-0.39, 0.29) is 24.8 Å². The maximum atomic E-state index is 12.7. The standard InChI is InChI=1S/C24H25N3O5/c1-32-22(29)13-25-23(30)16-5-8-19(9-6-16)26-24(31)18-12-21(28)27(14-18)20-10-7-15-3-2-4-17(15)11-20/h5-11,18H,2-4,12-14H2,1H3,(H,25,30)(H,26,31). The van der Waals surface area contributed by atoms with Crippen LogP contribution in [0.25, 0.3) is 0 Å². The molecular formula is C24H25N3O5. The molecule has 3 amide bonds. The van der Waals surface area contributed by atoms with E-state index in [4.69, 9.17) is 0 Å². The zero-order chi connectivity index (χ0) is 22.7. The highest BCUT2D eigenvalue weighted by atomic mass is 16.5. The molecule has 2 N–H and O–H groups in total. The Bertz CT molecular complexity index is 1060. The molecule has 1 saturated heterocycles. The maximum Gasteiger partial charge on any atom is 0.325 e. The van der Waals surface area contributed by atoms with Crippen LogP contribution in [0.15, 0.2) is 42.5 Å². The Morgan fingerprint density at radius 2 is 1.81 bits per heavy atom. The molecule has 0 radical (unpaired) electrons. The number of fused-ring (bicyclic) bond motifs is 1. The van der Waals surface area contributed by atoms with Gasteiger partial charge in [-0.15, -0.1) is 0 Å². The van der Waals surface area contributed by atoms with Crippen molar-refractivity contribution in [3.63, 3.8) is 0 Å². The molecule has 1 atom stereocenters. The van der Waals surface area contributed by atoms with E-state index in [0.717, 1.165) is 24.9 Å². The number of methoxy groups -OCH3 is 1. The maximum absolute atomic E-state index is 12.7. The minimum Gasteiger partial charge on any atom is -0.468 e. The summed E-state index contributed by atoms with van der Waals surface area (Å²) >= 11 is 0. The van der Waals surface area contributed by atoms with Crippen molar-refractivity contribution >= 4 is 35.1 Å². The third kappa shape index (κ3) is 4.64. The van der Waals surface area contributed by atoms with Gasteiger partial charge in [0.15, 0.2) is 0 Å². The van der Waals surface area contributed by atoms with E-state index < -0.39 is 17.8 Å². The summed E-state index contributed by atoms with van der Waals surface area (Å²) in [6.07, 6.45) is 3.42. The van der Waals surface area contributed by atoms with Gasteiger partial charge in [-0.2, -0.15) is 0 Å². The van der Waals surface area contributed by atoms with Crippen LogP contribution in [-0.4, -0.2) is 43.9 Å². The van der Waals surface area contributed by atoms with Gasteiger partial charge in [0.1, 0.15) is 6.54 Å². The van der Waals surface area contributed by atoms with Gasteiger partial charge in [0.05, 0.1) is 13.0 Å². The minimum absolute atomic E-state index is 0.0549. The number of carbonyl (C=O) groups is 4. The lowest BCUT2D eigenvalue weighted by Gasteiger charge is -2.18. The number of benzene rings is 2. The Morgan fingerprint density at radius 3 is 2.56 bits per heavy atom. The lowest BCUT2D eigenvalue weighted by molar-refractivity contribution is -0.139. The molecular weight excluding hydrogens is 410 g/mol. The number of esters is 1. The summed E-state index contributed by atoms with van der Waals surface area (Å²) in [6, 6.07) is 12.5. The first-order valence-corrected chi connectivity index (χ1v) is 10.6. The van der Waals surface area contributed by atoms with E-state index in [1.807, 2.05) is 6.07 Å². The number of nitrogens with zero attached hydrogens (tertiary/aromatic N) is 1. The van der Waals surface area contributed by atoms with E-state index in [1.165, 1.54) is 18.2 Å². The van der Waals surface area contributed by atoms with Gasteiger partial charge in [0.2, 0.25) is 11.8 Å². The van der Waals surface area contributed by atoms with E-state index >= 15 is 0 Å². The predicted molar refractivity (Wildman–Crippen MR) is 118 cm³/mol. The van der Waals surface area contributed by atoms with Crippen LogP contribution < -0.4 is 15.5 Å². The Morgan fingerprint density at radius 1 is 1.06 bits per heavy atom. The van der Waals surface area contributed by atoms with E-state index in [0.29, 0.717) is 17.8 Å². The molecule has 1 unspecified atom stereocenters. The summed E-state index contributed by atoms with van der Waals surface area (Å²) < 4.78 is 4.48. The predicted octanol–water partition coefficient (Wildman–Crippen LogP) is 2.07. The normalized spacial score (nSPS) is 17.1. The van der Waals surface area contributed by atoms with Gasteiger partial charge < -0.3 is 20.3 Å². The van der Waals surface area contributed by atoms with Crippen molar-refractivity contribution in [3.05, 3.63) is 59.2 Å². The Labute approximate surface area is 185 Å². The molecule has 2 aliphatic rings. The van der Waals surface area contributed by atoms with Crippen LogP contribution in [0.4, 0.5) is 11.4 Å². The number of anilines is 2. The number of aryl methyl sites for hydroxylation is 2. The SMILES string of the molecule is COC(=O)CNC(=O)c1ccc(NC(=O)C2CC(=O)N(c3ccc4c(c3)CCC4)C2)cc1. The number of hydrogen-bond acceptors (Lipinski definition) is 5. The number of amides is 3. The zero-order valence-electron chi connectivity index (χ0n) is 17.8. The molecule has 8 heteroatoms. The molecule has 4 rings (SSSR count). The molecule has 8 nitrogen and oxygen atoms in total. The smallest absolute Gasteiger partial charge is 0.325 e. The number of carbonyl (C=O) groups excluding carboxylic acids is 4. The fourth-order valence-electron chi connectivity index (χ4n) is 4.13. The lowest BCUT2D eigenvalue weighted by atomic mass is 10.1. The van der Waals surface area contributed by atoms with Gasteiger partial charge in [-0.05, 0) is 66.8 Å². The number of nitrogens with one attached hydrogen (secondary N) is 2. The average Bonchev–Trinajstić information content (AvgIpc) is 3.43.